The predicted octanol–water partition coefficient (Wildman–Crippen LogP) is 3.77. The third-order valence-electron chi connectivity index (χ3n) is 4.49. The molecule has 0 radical (unpaired) electrons. The van der Waals surface area contributed by atoms with Crippen LogP contribution in [0.1, 0.15) is 15.9 Å². The number of hydrogen-bond acceptors (Lipinski definition) is 6. The number of rotatable bonds is 4. The van der Waals surface area contributed by atoms with E-state index in [2.05, 4.69) is 15.6 Å². The third-order valence-corrected chi connectivity index (χ3v) is 5.39. The van der Waals surface area contributed by atoms with E-state index in [1.165, 1.54) is 0 Å². The summed E-state index contributed by atoms with van der Waals surface area (Å²) < 4.78 is 5.39. The van der Waals surface area contributed by atoms with Gasteiger partial charge in [-0.3, -0.25) is 4.79 Å². The maximum Gasteiger partial charge on any atom is 0.255 e. The summed E-state index contributed by atoms with van der Waals surface area (Å²) in [6.45, 7) is 3.21. The summed E-state index contributed by atoms with van der Waals surface area (Å²) in [5.41, 5.74) is 3.68. The first-order chi connectivity index (χ1) is 13.7. The number of aromatic nitrogens is 1. The van der Waals surface area contributed by atoms with Crippen LogP contribution in [0.2, 0.25) is 0 Å². The molecule has 1 N–H and O–H groups in total. The van der Waals surface area contributed by atoms with E-state index in [0.717, 1.165) is 42.7 Å². The summed E-state index contributed by atoms with van der Waals surface area (Å²) >= 11 is 1.63. The number of carbonyl (C=O) groups excluding carboxylic acids is 1. The number of nitriles is 1. The van der Waals surface area contributed by atoms with E-state index in [4.69, 9.17) is 15.0 Å². The number of amides is 1. The molecule has 3 aromatic rings. The first-order valence-electron chi connectivity index (χ1n) is 8.93. The molecule has 0 atom stereocenters. The van der Waals surface area contributed by atoms with Gasteiger partial charge >= 0.3 is 0 Å². The lowest BCUT2D eigenvalue weighted by atomic mass is 10.1. The van der Waals surface area contributed by atoms with Crippen molar-refractivity contribution < 1.29 is 9.53 Å². The fraction of sp³-hybridized carbons (Fsp3) is 0.190. The summed E-state index contributed by atoms with van der Waals surface area (Å²) in [6.07, 6.45) is 0. The summed E-state index contributed by atoms with van der Waals surface area (Å²) in [5.74, 6) is -0.208. The minimum absolute atomic E-state index is 0.208. The Labute approximate surface area is 167 Å². The van der Waals surface area contributed by atoms with Crippen LogP contribution in [0.25, 0.3) is 11.3 Å². The molecular weight excluding hydrogens is 372 g/mol. The van der Waals surface area contributed by atoms with E-state index in [0.29, 0.717) is 16.8 Å². The normalized spacial score (nSPS) is 13.8. The van der Waals surface area contributed by atoms with Crippen molar-refractivity contribution in [2.24, 2.45) is 0 Å². The molecular formula is C21H18N4O2S. The second kappa shape index (κ2) is 8.21. The Balaban J connectivity index is 1.43. The van der Waals surface area contributed by atoms with Crippen molar-refractivity contribution in [3.63, 3.8) is 0 Å². The van der Waals surface area contributed by atoms with Crippen LogP contribution >= 0.6 is 11.3 Å². The van der Waals surface area contributed by atoms with Crippen LogP contribution in [0.5, 0.6) is 0 Å². The monoisotopic (exact) mass is 390 g/mol. The van der Waals surface area contributed by atoms with Crippen molar-refractivity contribution in [2.45, 2.75) is 0 Å². The molecule has 1 amide bonds. The lowest BCUT2D eigenvalue weighted by molar-refractivity contribution is 0.102. The molecule has 2 aromatic carbocycles. The lowest BCUT2D eigenvalue weighted by Crippen LogP contribution is -2.36. The lowest BCUT2D eigenvalue weighted by Gasteiger charge is -2.26. The van der Waals surface area contributed by atoms with Gasteiger partial charge in [-0.1, -0.05) is 12.1 Å². The van der Waals surface area contributed by atoms with Gasteiger partial charge in [0.1, 0.15) is 0 Å². The van der Waals surface area contributed by atoms with Crippen LogP contribution in [-0.4, -0.2) is 37.2 Å². The molecule has 1 fully saturated rings. The average Bonchev–Trinajstić information content (AvgIpc) is 3.25. The fourth-order valence-corrected chi connectivity index (χ4v) is 3.81. The molecule has 0 bridgehead atoms. The topological polar surface area (TPSA) is 78.2 Å². The number of carbonyl (C=O) groups is 1. The molecule has 4 rings (SSSR count). The van der Waals surface area contributed by atoms with Gasteiger partial charge in [0.05, 0.1) is 30.5 Å². The molecule has 2 heterocycles. The maximum atomic E-state index is 12.3. The second-order valence-corrected chi connectivity index (χ2v) is 7.17. The van der Waals surface area contributed by atoms with Gasteiger partial charge in [0.25, 0.3) is 5.91 Å². The molecule has 1 aliphatic heterocycles. The highest BCUT2D eigenvalue weighted by Crippen LogP contribution is 2.28. The van der Waals surface area contributed by atoms with Gasteiger partial charge < -0.3 is 15.0 Å². The minimum Gasteiger partial charge on any atom is -0.378 e. The Morgan fingerprint density at radius 1 is 1.11 bits per heavy atom. The van der Waals surface area contributed by atoms with Gasteiger partial charge in [0, 0.05) is 35.3 Å². The Bertz CT molecular complexity index is 1000. The first kappa shape index (κ1) is 18.2. The van der Waals surface area contributed by atoms with E-state index >= 15 is 0 Å². The smallest absolute Gasteiger partial charge is 0.255 e. The molecule has 1 aliphatic rings. The highest BCUT2D eigenvalue weighted by molar-refractivity contribution is 7.14. The van der Waals surface area contributed by atoms with E-state index < -0.39 is 0 Å². The van der Waals surface area contributed by atoms with Crippen LogP contribution in [0.3, 0.4) is 0 Å². The molecule has 6 nitrogen and oxygen atoms in total. The van der Waals surface area contributed by atoms with Crippen molar-refractivity contribution in [1.29, 1.82) is 5.26 Å². The van der Waals surface area contributed by atoms with Gasteiger partial charge in [-0.2, -0.15) is 5.26 Å². The van der Waals surface area contributed by atoms with Crippen molar-refractivity contribution in [1.82, 2.24) is 4.98 Å². The van der Waals surface area contributed by atoms with E-state index in [1.807, 2.05) is 30.3 Å². The zero-order valence-electron chi connectivity index (χ0n) is 15.1. The Morgan fingerprint density at radius 2 is 1.82 bits per heavy atom. The second-order valence-electron chi connectivity index (χ2n) is 6.34. The minimum atomic E-state index is -0.208. The quantitative estimate of drug-likeness (QED) is 0.734. The van der Waals surface area contributed by atoms with Gasteiger partial charge in [-0.15, -0.1) is 11.3 Å². The third kappa shape index (κ3) is 4.03. The molecule has 0 saturated carbocycles. The molecule has 1 aromatic heterocycles. The van der Waals surface area contributed by atoms with Crippen LogP contribution < -0.4 is 10.2 Å². The van der Waals surface area contributed by atoms with Crippen LogP contribution in [-0.2, 0) is 4.74 Å². The zero-order valence-corrected chi connectivity index (χ0v) is 15.9. The largest absolute Gasteiger partial charge is 0.378 e. The Hall–Kier alpha value is -3.21. The van der Waals surface area contributed by atoms with E-state index in [9.17, 15) is 4.79 Å². The summed E-state index contributed by atoms with van der Waals surface area (Å²) in [7, 11) is 0. The summed E-state index contributed by atoms with van der Waals surface area (Å²) in [6, 6.07) is 16.2. The molecule has 0 unspecified atom stereocenters. The SMILES string of the molecule is N#Cc1ccc(C(=O)Nc2ccc(-c3csc(N4CCOCC4)n3)cc2)cc1. The highest BCUT2D eigenvalue weighted by atomic mass is 32.1. The van der Waals surface area contributed by atoms with Gasteiger partial charge in [0.2, 0.25) is 0 Å². The summed E-state index contributed by atoms with van der Waals surface area (Å²) in [4.78, 5) is 19.3. The molecule has 1 saturated heterocycles. The summed E-state index contributed by atoms with van der Waals surface area (Å²) in [5, 5.41) is 14.8. The number of nitrogens with zero attached hydrogens (tertiary/aromatic N) is 3. The average molecular weight is 390 g/mol. The Morgan fingerprint density at radius 3 is 2.50 bits per heavy atom. The van der Waals surface area contributed by atoms with Crippen molar-refractivity contribution in [2.75, 3.05) is 36.5 Å². The highest BCUT2D eigenvalue weighted by Gasteiger charge is 2.15. The molecule has 0 spiro atoms. The van der Waals surface area contributed by atoms with Crippen molar-refractivity contribution in [3.8, 4) is 17.3 Å². The van der Waals surface area contributed by atoms with Gasteiger partial charge in [-0.25, -0.2) is 4.98 Å². The van der Waals surface area contributed by atoms with E-state index in [-0.39, 0.29) is 5.91 Å². The maximum absolute atomic E-state index is 12.3. The molecule has 28 heavy (non-hydrogen) atoms. The fourth-order valence-electron chi connectivity index (χ4n) is 2.92. The standard InChI is InChI=1S/C21H18N4O2S/c22-13-15-1-3-17(4-2-15)20(26)23-18-7-5-16(6-8-18)19-14-28-21(24-19)25-9-11-27-12-10-25/h1-8,14H,9-12H2,(H,23,26). The number of morpholine rings is 1. The zero-order chi connectivity index (χ0) is 19.3. The molecule has 7 heteroatoms. The van der Waals surface area contributed by atoms with Crippen LogP contribution in [0.15, 0.2) is 53.9 Å². The molecule has 140 valence electrons. The van der Waals surface area contributed by atoms with E-state index in [1.54, 1.807) is 35.6 Å². The molecule has 0 aliphatic carbocycles. The van der Waals surface area contributed by atoms with Crippen LogP contribution in [0.4, 0.5) is 10.8 Å². The number of ether oxygens (including phenoxy) is 1. The van der Waals surface area contributed by atoms with Crippen molar-refractivity contribution >= 4 is 28.1 Å². The van der Waals surface area contributed by atoms with Gasteiger partial charge in [0.15, 0.2) is 5.13 Å². The number of nitrogens with one attached hydrogen (secondary N) is 1. The first-order valence-corrected chi connectivity index (χ1v) is 9.81. The van der Waals surface area contributed by atoms with Gasteiger partial charge in [-0.05, 0) is 36.4 Å². The van der Waals surface area contributed by atoms with Crippen molar-refractivity contribution in [3.05, 3.63) is 65.0 Å². The number of thiazole rings is 1. The number of anilines is 2. The van der Waals surface area contributed by atoms with Crippen LogP contribution in [0, 0.1) is 11.3 Å². The Kier molecular flexibility index (Phi) is 5.33. The number of hydrogen-bond donors (Lipinski definition) is 1. The number of benzene rings is 2. The predicted molar refractivity (Wildman–Crippen MR) is 110 cm³/mol.